The fourth-order valence-electron chi connectivity index (χ4n) is 6.72. The van der Waals surface area contributed by atoms with Crippen molar-refractivity contribution in [2.75, 3.05) is 13.2 Å². The van der Waals surface area contributed by atoms with Crippen molar-refractivity contribution >= 4 is 23.9 Å². The van der Waals surface area contributed by atoms with Gasteiger partial charge in [0.2, 0.25) is 11.2 Å². The molecule has 36 heavy (non-hydrogen) atoms. The minimum Gasteiger partial charge on any atom is -0.463 e. The van der Waals surface area contributed by atoms with E-state index in [1.807, 2.05) is 48.5 Å². The summed E-state index contributed by atoms with van der Waals surface area (Å²) in [5.41, 5.74) is -5.29. The first-order valence-corrected chi connectivity index (χ1v) is 13.0. The molecule has 4 rings (SSSR count). The monoisotopic (exact) mass is 508 g/mol. The van der Waals surface area contributed by atoms with Crippen LogP contribution in [0.3, 0.4) is 0 Å². The van der Waals surface area contributed by atoms with Crippen molar-refractivity contribution in [3.63, 3.8) is 0 Å². The molecule has 2 aliphatic heterocycles. The summed E-state index contributed by atoms with van der Waals surface area (Å²) in [5, 5.41) is 10.6. The predicted molar refractivity (Wildman–Crippen MR) is 126 cm³/mol. The van der Waals surface area contributed by atoms with Crippen LogP contribution in [0.5, 0.6) is 0 Å². The summed E-state index contributed by atoms with van der Waals surface area (Å²) in [5.74, 6) is -2.04. The van der Waals surface area contributed by atoms with Crippen LogP contribution in [0, 0.1) is 27.6 Å². The first kappa shape index (κ1) is 26.9. The highest BCUT2D eigenvalue weighted by Crippen LogP contribution is 2.66. The van der Waals surface area contributed by atoms with Crippen molar-refractivity contribution in [2.24, 2.45) is 27.6 Å². The molecule has 6 atom stereocenters. The maximum absolute atomic E-state index is 13.0. The van der Waals surface area contributed by atoms with E-state index in [2.05, 4.69) is 0 Å². The molecule has 0 amide bonds. The lowest BCUT2D eigenvalue weighted by atomic mass is 9.66. The number of hydrogen-bond acceptors (Lipinski definition) is 9. The van der Waals surface area contributed by atoms with Crippen LogP contribution < -0.4 is 0 Å². The number of esters is 4. The smallest absolute Gasteiger partial charge is 0.351 e. The molecule has 2 saturated carbocycles. The van der Waals surface area contributed by atoms with Crippen LogP contribution in [0.25, 0.3) is 0 Å². The van der Waals surface area contributed by atoms with Gasteiger partial charge in [-0.15, -0.1) is 0 Å². The Morgan fingerprint density at radius 2 is 1.17 bits per heavy atom. The van der Waals surface area contributed by atoms with E-state index in [-0.39, 0.29) is 37.5 Å². The first-order chi connectivity index (χ1) is 16.5. The van der Waals surface area contributed by atoms with Gasteiger partial charge >= 0.3 is 23.9 Å². The van der Waals surface area contributed by atoms with Gasteiger partial charge in [-0.3, -0.25) is 9.59 Å². The van der Waals surface area contributed by atoms with Crippen LogP contribution in [0.2, 0.25) is 0 Å². The van der Waals surface area contributed by atoms with Crippen molar-refractivity contribution in [1.29, 1.82) is 0 Å². The van der Waals surface area contributed by atoms with Gasteiger partial charge in [-0.05, 0) is 51.9 Å². The van der Waals surface area contributed by atoms with E-state index in [9.17, 15) is 24.3 Å². The summed E-state index contributed by atoms with van der Waals surface area (Å²) >= 11 is 0. The van der Waals surface area contributed by atoms with Gasteiger partial charge in [0, 0.05) is 17.3 Å². The minimum absolute atomic E-state index is 0.0118. The predicted octanol–water partition coefficient (Wildman–Crippen LogP) is 3.09. The van der Waals surface area contributed by atoms with Crippen LogP contribution in [0.15, 0.2) is 0 Å². The SMILES string of the molecule is CC(CCOC(=O)[C@@]12CC[C@@](C)(C(=O)O1)C2(C)C)C(O)CCOC(=O)[C@@]12CC[C@@](C)(C(=O)O1)C2(C)C. The molecule has 4 aliphatic rings. The molecule has 2 heterocycles. The number of carbonyl (C=O) groups is 4. The molecule has 0 aromatic carbocycles. The fraction of sp³-hybridized carbons (Fsp3) is 0.852. The zero-order valence-corrected chi connectivity index (χ0v) is 22.5. The van der Waals surface area contributed by atoms with E-state index in [1.54, 1.807) is 0 Å². The first-order valence-electron chi connectivity index (χ1n) is 13.0. The second-order valence-electron chi connectivity index (χ2n) is 12.7. The summed E-state index contributed by atoms with van der Waals surface area (Å²) in [4.78, 5) is 50.6. The molecule has 4 fully saturated rings. The van der Waals surface area contributed by atoms with E-state index in [4.69, 9.17) is 18.9 Å². The van der Waals surface area contributed by atoms with Gasteiger partial charge in [0.25, 0.3) is 0 Å². The van der Waals surface area contributed by atoms with Gasteiger partial charge in [0.15, 0.2) is 0 Å². The molecule has 2 unspecified atom stereocenters. The van der Waals surface area contributed by atoms with Crippen LogP contribution in [-0.2, 0) is 38.1 Å². The van der Waals surface area contributed by atoms with E-state index in [0.29, 0.717) is 32.1 Å². The minimum atomic E-state index is -1.28. The average Bonchev–Trinajstić information content (AvgIpc) is 3.26. The summed E-state index contributed by atoms with van der Waals surface area (Å²) in [6.45, 7) is 13.0. The van der Waals surface area contributed by atoms with E-state index in [1.165, 1.54) is 0 Å². The van der Waals surface area contributed by atoms with Gasteiger partial charge in [-0.1, -0.05) is 34.6 Å². The third-order valence-electron chi connectivity index (χ3n) is 10.9. The Balaban J connectivity index is 1.23. The van der Waals surface area contributed by atoms with Gasteiger partial charge in [-0.2, -0.15) is 0 Å². The van der Waals surface area contributed by atoms with Gasteiger partial charge in [-0.25, -0.2) is 9.59 Å². The quantitative estimate of drug-likeness (QED) is 0.369. The Hall–Kier alpha value is -2.16. The molecule has 2 saturated heterocycles. The largest absolute Gasteiger partial charge is 0.463 e. The number of aliphatic hydroxyl groups is 1. The van der Waals surface area contributed by atoms with E-state index >= 15 is 0 Å². The van der Waals surface area contributed by atoms with E-state index < -0.39 is 50.9 Å². The number of ether oxygens (including phenoxy) is 4. The lowest BCUT2D eigenvalue weighted by Crippen LogP contribution is -2.49. The number of aliphatic hydroxyl groups excluding tert-OH is 1. The summed E-state index contributed by atoms with van der Waals surface area (Å²) < 4.78 is 22.1. The molecule has 202 valence electrons. The maximum Gasteiger partial charge on any atom is 0.351 e. The average molecular weight is 509 g/mol. The molecule has 0 radical (unpaired) electrons. The van der Waals surface area contributed by atoms with Gasteiger partial charge < -0.3 is 24.1 Å². The third kappa shape index (κ3) is 3.16. The Morgan fingerprint density at radius 1 is 0.778 bits per heavy atom. The highest BCUT2D eigenvalue weighted by molar-refractivity contribution is 5.94. The third-order valence-corrected chi connectivity index (χ3v) is 10.9. The topological polar surface area (TPSA) is 125 Å². The number of fused-ring (bicyclic) bond motifs is 4. The van der Waals surface area contributed by atoms with Crippen molar-refractivity contribution in [3.05, 3.63) is 0 Å². The van der Waals surface area contributed by atoms with Crippen LogP contribution in [-0.4, -0.2) is 59.5 Å². The summed E-state index contributed by atoms with van der Waals surface area (Å²) in [7, 11) is 0. The zero-order valence-electron chi connectivity index (χ0n) is 22.5. The summed E-state index contributed by atoms with van der Waals surface area (Å²) in [6, 6.07) is 0. The van der Waals surface area contributed by atoms with Crippen molar-refractivity contribution in [1.82, 2.24) is 0 Å². The van der Waals surface area contributed by atoms with Crippen molar-refractivity contribution in [2.45, 2.75) is 104 Å². The van der Waals surface area contributed by atoms with Crippen molar-refractivity contribution < 1.29 is 43.2 Å². The molecule has 2 aliphatic carbocycles. The van der Waals surface area contributed by atoms with Gasteiger partial charge in [0.1, 0.15) is 0 Å². The Labute approximate surface area is 212 Å². The Bertz CT molecular complexity index is 908. The molecule has 1 N–H and O–H groups in total. The Morgan fingerprint density at radius 3 is 1.50 bits per heavy atom. The highest BCUT2D eigenvalue weighted by atomic mass is 16.6. The standard InChI is InChI=1S/C27H40O9/c1-16(8-14-33-20(31)26-12-10-24(6,18(29)35-26)22(26,2)3)17(28)9-15-34-21(32)27-13-11-25(7,19(30)36-27)23(27,4)5/h16-17,28H,8-15H2,1-7H3/t16?,17?,24-,25-,26+,27+/m0/s1. The van der Waals surface area contributed by atoms with E-state index in [0.717, 1.165) is 0 Å². The highest BCUT2D eigenvalue weighted by Gasteiger charge is 2.77. The van der Waals surface area contributed by atoms with Crippen LogP contribution in [0.4, 0.5) is 0 Å². The molecule has 9 heteroatoms. The lowest BCUT2D eigenvalue weighted by molar-refractivity contribution is -0.184. The maximum atomic E-state index is 13.0. The summed E-state index contributed by atoms with van der Waals surface area (Å²) in [6.07, 6.45) is 1.85. The number of carbonyl (C=O) groups excluding carboxylic acids is 4. The fourth-order valence-corrected chi connectivity index (χ4v) is 6.72. The number of rotatable bonds is 9. The molecular weight excluding hydrogens is 468 g/mol. The normalized spacial score (nSPS) is 38.9. The van der Waals surface area contributed by atoms with Crippen LogP contribution in [0.1, 0.15) is 87.0 Å². The van der Waals surface area contributed by atoms with Gasteiger partial charge in [0.05, 0.1) is 30.1 Å². The molecule has 0 aromatic heterocycles. The number of hydrogen-bond donors (Lipinski definition) is 1. The molecule has 0 aromatic rings. The second-order valence-corrected chi connectivity index (χ2v) is 12.7. The molecule has 0 spiro atoms. The Kier molecular flexibility index (Phi) is 6.10. The lowest BCUT2D eigenvalue weighted by Gasteiger charge is -2.34. The molecular formula is C27H40O9. The van der Waals surface area contributed by atoms with Crippen LogP contribution >= 0.6 is 0 Å². The second kappa shape index (κ2) is 8.17. The van der Waals surface area contributed by atoms with Crippen molar-refractivity contribution in [3.8, 4) is 0 Å². The zero-order chi connectivity index (χ0) is 26.9. The molecule has 4 bridgehead atoms. The molecule has 9 nitrogen and oxygen atoms in total.